The molecular weight excluding hydrogens is 314 g/mol. The predicted octanol–water partition coefficient (Wildman–Crippen LogP) is 2.89. The van der Waals surface area contributed by atoms with Gasteiger partial charge in [-0.2, -0.15) is 0 Å². The van der Waals surface area contributed by atoms with Crippen LogP contribution in [0, 0.1) is 17.3 Å². The average Bonchev–Trinajstić information content (AvgIpc) is 2.53. The van der Waals surface area contributed by atoms with E-state index in [0.717, 1.165) is 31.4 Å². The molecule has 1 aromatic rings. The van der Waals surface area contributed by atoms with E-state index in [1.54, 1.807) is 0 Å². The van der Waals surface area contributed by atoms with Crippen molar-refractivity contribution < 1.29 is 9.59 Å². The van der Waals surface area contributed by atoms with E-state index in [0.29, 0.717) is 5.56 Å². The monoisotopic (exact) mass is 341 g/mol. The molecule has 3 aliphatic carbocycles. The van der Waals surface area contributed by atoms with Gasteiger partial charge in [0, 0.05) is 23.6 Å². The second-order valence-corrected chi connectivity index (χ2v) is 8.61. The molecule has 1 spiro atoms. The third kappa shape index (κ3) is 2.52. The van der Waals surface area contributed by atoms with Crippen LogP contribution in [0.5, 0.6) is 0 Å². The minimum atomic E-state index is -0.424. The number of hydrogen-bond donors (Lipinski definition) is 3. The lowest BCUT2D eigenvalue weighted by Crippen LogP contribution is -2.70. The zero-order chi connectivity index (χ0) is 17.8. The number of carbonyl (C=O) groups excluding carboxylic acids is 2. The van der Waals surface area contributed by atoms with Crippen molar-refractivity contribution in [2.45, 2.75) is 58.2 Å². The Morgan fingerprint density at radius 2 is 2.04 bits per heavy atom. The Labute approximate surface area is 148 Å². The van der Waals surface area contributed by atoms with Crippen LogP contribution in [-0.2, 0) is 4.79 Å². The maximum absolute atomic E-state index is 12.7. The highest BCUT2D eigenvalue weighted by Crippen LogP contribution is 2.58. The van der Waals surface area contributed by atoms with Crippen LogP contribution in [0.4, 0.5) is 5.69 Å². The summed E-state index contributed by atoms with van der Waals surface area (Å²) in [6.07, 6.45) is 3.69. The summed E-state index contributed by atoms with van der Waals surface area (Å²) in [5.74, 6) is 0.456. The Morgan fingerprint density at radius 1 is 1.28 bits per heavy atom. The molecule has 1 aromatic carbocycles. The molecule has 4 atom stereocenters. The van der Waals surface area contributed by atoms with E-state index in [4.69, 9.17) is 0 Å². The molecule has 5 rings (SSSR count). The van der Waals surface area contributed by atoms with Crippen LogP contribution in [0.25, 0.3) is 0 Å². The Hall–Kier alpha value is -2.04. The third-order valence-corrected chi connectivity index (χ3v) is 6.42. The summed E-state index contributed by atoms with van der Waals surface area (Å²) in [5, 5.41) is 9.99. The molecule has 2 bridgehead atoms. The van der Waals surface area contributed by atoms with E-state index in [1.165, 1.54) is 0 Å². The second-order valence-electron chi connectivity index (χ2n) is 8.61. The van der Waals surface area contributed by atoms with Gasteiger partial charge in [0.05, 0.1) is 5.56 Å². The number of fused-ring (bicyclic) bond motifs is 3. The van der Waals surface area contributed by atoms with E-state index in [1.807, 2.05) is 38.1 Å². The molecule has 5 nitrogen and oxygen atoms in total. The number of rotatable bonds is 2. The fourth-order valence-electron chi connectivity index (χ4n) is 5.24. The lowest BCUT2D eigenvalue weighted by atomic mass is 9.51. The Bertz CT molecular complexity index is 731. The third-order valence-electron chi connectivity index (χ3n) is 6.42. The molecule has 3 fully saturated rings. The van der Waals surface area contributed by atoms with Crippen molar-refractivity contribution in [2.75, 3.05) is 5.32 Å². The molecule has 4 aliphatic rings. The van der Waals surface area contributed by atoms with Gasteiger partial charge in [-0.3, -0.25) is 9.59 Å². The van der Waals surface area contributed by atoms with Crippen molar-refractivity contribution in [3.05, 3.63) is 29.8 Å². The van der Waals surface area contributed by atoms with Crippen LogP contribution >= 0.6 is 0 Å². The molecule has 134 valence electrons. The van der Waals surface area contributed by atoms with E-state index in [-0.39, 0.29) is 35.1 Å². The van der Waals surface area contributed by atoms with Crippen molar-refractivity contribution in [3.8, 4) is 0 Å². The smallest absolute Gasteiger partial charge is 0.255 e. The highest BCUT2D eigenvalue weighted by atomic mass is 16.2. The zero-order valence-electron chi connectivity index (χ0n) is 15.2. The molecular formula is C20H27N3O2. The van der Waals surface area contributed by atoms with Crippen molar-refractivity contribution in [1.29, 1.82) is 0 Å². The van der Waals surface area contributed by atoms with Crippen molar-refractivity contribution >= 4 is 17.5 Å². The van der Waals surface area contributed by atoms with Gasteiger partial charge in [0.1, 0.15) is 5.66 Å². The Balaban J connectivity index is 1.64. The van der Waals surface area contributed by atoms with E-state index in [9.17, 15) is 9.59 Å². The molecule has 2 amide bonds. The molecule has 0 aromatic heterocycles. The standard InChI is InChI=1S/C20H27N3O2/c1-12(2)21-18(25)15-10-13-8-9-19(15,3)11-20(13)22-16-7-5-4-6-14(16)17(24)23-20/h4-7,12-13,15,22H,8-11H2,1-3H3,(H,21,25)(H,23,24)/t13-,15-,19-,20+/m1/s1. The number of carbonyl (C=O) groups is 2. The fourth-order valence-corrected chi connectivity index (χ4v) is 5.24. The number of nitrogens with one attached hydrogen (secondary N) is 3. The summed E-state index contributed by atoms with van der Waals surface area (Å²) in [5.41, 5.74) is 1.09. The summed E-state index contributed by atoms with van der Waals surface area (Å²) in [4.78, 5) is 25.4. The zero-order valence-corrected chi connectivity index (χ0v) is 15.2. The number of amides is 2. The first-order valence-electron chi connectivity index (χ1n) is 9.33. The summed E-state index contributed by atoms with van der Waals surface area (Å²) in [6, 6.07) is 7.83. The molecule has 0 saturated heterocycles. The van der Waals surface area contributed by atoms with Gasteiger partial charge in [0.25, 0.3) is 5.91 Å². The largest absolute Gasteiger partial charge is 0.362 e. The van der Waals surface area contributed by atoms with Crippen molar-refractivity contribution in [2.24, 2.45) is 17.3 Å². The van der Waals surface area contributed by atoms with Crippen LogP contribution in [-0.4, -0.2) is 23.5 Å². The Morgan fingerprint density at radius 3 is 2.76 bits per heavy atom. The van der Waals surface area contributed by atoms with Gasteiger partial charge < -0.3 is 16.0 Å². The van der Waals surface area contributed by atoms with Gasteiger partial charge in [0.2, 0.25) is 5.91 Å². The topological polar surface area (TPSA) is 70.2 Å². The van der Waals surface area contributed by atoms with Gasteiger partial charge in [-0.25, -0.2) is 0 Å². The molecule has 3 N–H and O–H groups in total. The first-order chi connectivity index (χ1) is 11.8. The lowest BCUT2D eigenvalue weighted by Gasteiger charge is -2.60. The normalized spacial score (nSPS) is 35.9. The first-order valence-corrected chi connectivity index (χ1v) is 9.33. The molecule has 3 saturated carbocycles. The van der Waals surface area contributed by atoms with Gasteiger partial charge in [-0.15, -0.1) is 0 Å². The fraction of sp³-hybridized carbons (Fsp3) is 0.600. The second kappa shape index (κ2) is 5.48. The van der Waals surface area contributed by atoms with Gasteiger partial charge >= 0.3 is 0 Å². The van der Waals surface area contributed by atoms with Crippen molar-refractivity contribution in [3.63, 3.8) is 0 Å². The minimum Gasteiger partial charge on any atom is -0.362 e. The lowest BCUT2D eigenvalue weighted by molar-refractivity contribution is -0.140. The average molecular weight is 341 g/mol. The number of para-hydroxylation sites is 1. The van der Waals surface area contributed by atoms with Crippen LogP contribution in [0.3, 0.4) is 0 Å². The molecule has 5 heteroatoms. The predicted molar refractivity (Wildman–Crippen MR) is 97.1 cm³/mol. The van der Waals surface area contributed by atoms with Crippen LogP contribution in [0.2, 0.25) is 0 Å². The van der Waals surface area contributed by atoms with Gasteiger partial charge in [0.15, 0.2) is 0 Å². The van der Waals surface area contributed by atoms with Gasteiger partial charge in [-0.1, -0.05) is 19.1 Å². The van der Waals surface area contributed by atoms with Gasteiger partial charge in [-0.05, 0) is 57.1 Å². The quantitative estimate of drug-likeness (QED) is 0.775. The number of hydrogen-bond acceptors (Lipinski definition) is 3. The summed E-state index contributed by atoms with van der Waals surface area (Å²) < 4.78 is 0. The Kier molecular flexibility index (Phi) is 3.60. The number of benzene rings is 1. The molecule has 1 aliphatic heterocycles. The van der Waals surface area contributed by atoms with Crippen LogP contribution < -0.4 is 16.0 Å². The highest BCUT2D eigenvalue weighted by molar-refractivity contribution is 6.02. The number of anilines is 1. The van der Waals surface area contributed by atoms with E-state index in [2.05, 4.69) is 22.9 Å². The SMILES string of the molecule is CC(C)NC(=O)[C@H]1C[C@H]2CC[C@]1(C)C[C@]21NC(=O)c2ccccc2N1. The summed E-state index contributed by atoms with van der Waals surface area (Å²) in [7, 11) is 0. The van der Waals surface area contributed by atoms with E-state index >= 15 is 0 Å². The molecule has 0 unspecified atom stereocenters. The molecule has 0 radical (unpaired) electrons. The highest BCUT2D eigenvalue weighted by Gasteiger charge is 2.60. The maximum atomic E-state index is 12.7. The van der Waals surface area contributed by atoms with Crippen LogP contribution in [0.1, 0.15) is 56.8 Å². The van der Waals surface area contributed by atoms with E-state index < -0.39 is 5.66 Å². The first kappa shape index (κ1) is 16.4. The van der Waals surface area contributed by atoms with Crippen LogP contribution in [0.15, 0.2) is 24.3 Å². The summed E-state index contributed by atoms with van der Waals surface area (Å²) >= 11 is 0. The molecule has 1 heterocycles. The molecule has 25 heavy (non-hydrogen) atoms. The maximum Gasteiger partial charge on any atom is 0.255 e. The minimum absolute atomic E-state index is 0.00585. The summed E-state index contributed by atoms with van der Waals surface area (Å²) in [6.45, 7) is 6.22. The van der Waals surface area contributed by atoms with Crippen molar-refractivity contribution in [1.82, 2.24) is 10.6 Å².